The van der Waals surface area contributed by atoms with Crippen LogP contribution >= 0.6 is 0 Å². The van der Waals surface area contributed by atoms with Gasteiger partial charge in [0.15, 0.2) is 0 Å². The van der Waals surface area contributed by atoms with Crippen molar-refractivity contribution in [2.45, 2.75) is 27.7 Å². The number of anilines is 1. The highest BCUT2D eigenvalue weighted by Gasteiger charge is 2.15. The molecule has 2 amide bonds. The molecule has 0 heterocycles. The van der Waals surface area contributed by atoms with E-state index >= 15 is 0 Å². The summed E-state index contributed by atoms with van der Waals surface area (Å²) in [7, 11) is 0. The number of aryl methyl sites for hydroxylation is 1. The summed E-state index contributed by atoms with van der Waals surface area (Å²) in [6.07, 6.45) is 0. The van der Waals surface area contributed by atoms with Crippen LogP contribution in [0.5, 0.6) is 0 Å². The van der Waals surface area contributed by atoms with Crippen molar-refractivity contribution >= 4 is 17.5 Å². The van der Waals surface area contributed by atoms with Crippen molar-refractivity contribution in [3.05, 3.63) is 64.7 Å². The van der Waals surface area contributed by atoms with Crippen LogP contribution in [0.1, 0.15) is 45.7 Å². The van der Waals surface area contributed by atoms with Gasteiger partial charge in [-0.15, -0.1) is 0 Å². The van der Waals surface area contributed by atoms with Crippen LogP contribution in [0.4, 0.5) is 5.69 Å². The lowest BCUT2D eigenvalue weighted by Crippen LogP contribution is -2.30. The first kappa shape index (κ1) is 17.7. The summed E-state index contributed by atoms with van der Waals surface area (Å²) in [5, 5.41) is 2.93. The van der Waals surface area contributed by atoms with Crippen LogP contribution in [0.25, 0.3) is 0 Å². The van der Waals surface area contributed by atoms with E-state index in [0.29, 0.717) is 24.2 Å². The Morgan fingerprint density at radius 2 is 1.58 bits per heavy atom. The zero-order valence-electron chi connectivity index (χ0n) is 14.7. The second kappa shape index (κ2) is 7.77. The van der Waals surface area contributed by atoms with E-state index in [2.05, 4.69) is 5.32 Å². The molecule has 0 aliphatic heterocycles. The monoisotopic (exact) mass is 324 g/mol. The summed E-state index contributed by atoms with van der Waals surface area (Å²) in [5.41, 5.74) is 3.97. The van der Waals surface area contributed by atoms with Gasteiger partial charge < -0.3 is 10.2 Å². The number of nitrogens with one attached hydrogen (secondary N) is 1. The Kier molecular flexibility index (Phi) is 5.74. The molecule has 0 spiro atoms. The average molecular weight is 324 g/mol. The van der Waals surface area contributed by atoms with E-state index < -0.39 is 0 Å². The van der Waals surface area contributed by atoms with Crippen molar-refractivity contribution in [2.75, 3.05) is 18.4 Å². The highest BCUT2D eigenvalue weighted by atomic mass is 16.2. The molecular weight excluding hydrogens is 300 g/mol. The number of carbonyl (C=O) groups is 2. The van der Waals surface area contributed by atoms with Gasteiger partial charge in [0.2, 0.25) is 0 Å². The Balaban J connectivity index is 2.23. The summed E-state index contributed by atoms with van der Waals surface area (Å²) in [4.78, 5) is 26.7. The number of hydrogen-bond acceptors (Lipinski definition) is 2. The predicted octanol–water partition coefficient (Wildman–Crippen LogP) is 4.04. The van der Waals surface area contributed by atoms with E-state index in [1.54, 1.807) is 29.2 Å². The van der Waals surface area contributed by atoms with E-state index in [4.69, 9.17) is 0 Å². The minimum absolute atomic E-state index is 0.0543. The quantitative estimate of drug-likeness (QED) is 0.902. The number of amides is 2. The molecule has 0 fully saturated rings. The Morgan fingerprint density at radius 3 is 2.25 bits per heavy atom. The molecule has 1 N–H and O–H groups in total. The van der Waals surface area contributed by atoms with Crippen molar-refractivity contribution in [1.82, 2.24) is 4.90 Å². The molecule has 0 unspecified atom stereocenters. The molecular formula is C20H24N2O2. The van der Waals surface area contributed by atoms with Crippen LogP contribution in [0, 0.1) is 13.8 Å². The SMILES string of the molecule is CCN(CC)C(=O)c1cccc(C(=O)Nc2cccc(C)c2C)c1. The molecule has 0 radical (unpaired) electrons. The third-order valence-corrected chi connectivity index (χ3v) is 4.28. The Morgan fingerprint density at radius 1 is 0.958 bits per heavy atom. The third-order valence-electron chi connectivity index (χ3n) is 4.28. The van der Waals surface area contributed by atoms with Crippen LogP contribution in [-0.2, 0) is 0 Å². The molecule has 0 atom stereocenters. The van der Waals surface area contributed by atoms with Crippen molar-refractivity contribution < 1.29 is 9.59 Å². The van der Waals surface area contributed by atoms with E-state index in [1.807, 2.05) is 45.9 Å². The number of nitrogens with zero attached hydrogens (tertiary/aromatic N) is 1. The summed E-state index contributed by atoms with van der Waals surface area (Å²) in [6.45, 7) is 9.17. The second-order valence-corrected chi connectivity index (χ2v) is 5.76. The van der Waals surface area contributed by atoms with E-state index in [-0.39, 0.29) is 11.8 Å². The molecule has 4 nitrogen and oxygen atoms in total. The van der Waals surface area contributed by atoms with Crippen LogP contribution in [0.2, 0.25) is 0 Å². The highest BCUT2D eigenvalue weighted by Crippen LogP contribution is 2.19. The van der Waals surface area contributed by atoms with E-state index in [9.17, 15) is 9.59 Å². The van der Waals surface area contributed by atoms with Gasteiger partial charge in [-0.05, 0) is 63.1 Å². The molecule has 0 aromatic heterocycles. The normalized spacial score (nSPS) is 10.3. The molecule has 0 saturated heterocycles. The van der Waals surface area contributed by atoms with Crippen molar-refractivity contribution in [2.24, 2.45) is 0 Å². The number of benzene rings is 2. The van der Waals surface area contributed by atoms with Crippen LogP contribution in [0.15, 0.2) is 42.5 Å². The average Bonchev–Trinajstić information content (AvgIpc) is 2.60. The van der Waals surface area contributed by atoms with Crippen molar-refractivity contribution in [3.63, 3.8) is 0 Å². The third kappa shape index (κ3) is 3.82. The minimum Gasteiger partial charge on any atom is -0.339 e. The standard InChI is InChI=1S/C20H24N2O2/c1-5-22(6-2)20(24)17-11-8-10-16(13-17)19(23)21-18-12-7-9-14(3)15(18)4/h7-13H,5-6H2,1-4H3,(H,21,23). The number of rotatable bonds is 5. The molecule has 126 valence electrons. The summed E-state index contributed by atoms with van der Waals surface area (Å²) >= 11 is 0. The molecule has 4 heteroatoms. The maximum absolute atomic E-state index is 12.5. The van der Waals surface area contributed by atoms with Gasteiger partial charge in [0, 0.05) is 29.9 Å². The van der Waals surface area contributed by atoms with Crippen LogP contribution in [0.3, 0.4) is 0 Å². The molecule has 2 aromatic carbocycles. The second-order valence-electron chi connectivity index (χ2n) is 5.76. The molecule has 2 rings (SSSR count). The lowest BCUT2D eigenvalue weighted by Gasteiger charge is -2.19. The fourth-order valence-corrected chi connectivity index (χ4v) is 2.57. The van der Waals surface area contributed by atoms with Crippen LogP contribution < -0.4 is 5.32 Å². The lowest BCUT2D eigenvalue weighted by atomic mass is 10.1. The smallest absolute Gasteiger partial charge is 0.255 e. The fraction of sp³-hybridized carbons (Fsp3) is 0.300. The van der Waals surface area contributed by atoms with E-state index in [1.165, 1.54) is 0 Å². The Labute approximate surface area is 143 Å². The van der Waals surface area contributed by atoms with Crippen molar-refractivity contribution in [1.29, 1.82) is 0 Å². The first-order valence-electron chi connectivity index (χ1n) is 8.24. The largest absolute Gasteiger partial charge is 0.339 e. The van der Waals surface area contributed by atoms with Crippen LogP contribution in [-0.4, -0.2) is 29.8 Å². The Hall–Kier alpha value is -2.62. The first-order valence-corrected chi connectivity index (χ1v) is 8.24. The molecule has 0 saturated carbocycles. The first-order chi connectivity index (χ1) is 11.5. The zero-order chi connectivity index (χ0) is 17.7. The van der Waals surface area contributed by atoms with Gasteiger partial charge in [0.25, 0.3) is 11.8 Å². The van der Waals surface area contributed by atoms with Gasteiger partial charge in [0.05, 0.1) is 0 Å². The maximum Gasteiger partial charge on any atom is 0.255 e. The number of hydrogen-bond donors (Lipinski definition) is 1. The fourth-order valence-electron chi connectivity index (χ4n) is 2.57. The maximum atomic E-state index is 12.5. The van der Waals surface area contributed by atoms with Crippen molar-refractivity contribution in [3.8, 4) is 0 Å². The van der Waals surface area contributed by atoms with Gasteiger partial charge in [-0.2, -0.15) is 0 Å². The highest BCUT2D eigenvalue weighted by molar-refractivity contribution is 6.06. The predicted molar refractivity (Wildman–Crippen MR) is 97.6 cm³/mol. The zero-order valence-corrected chi connectivity index (χ0v) is 14.7. The molecule has 24 heavy (non-hydrogen) atoms. The minimum atomic E-state index is -0.210. The van der Waals surface area contributed by atoms with Gasteiger partial charge in [0.1, 0.15) is 0 Å². The molecule has 0 bridgehead atoms. The molecule has 0 aliphatic carbocycles. The topological polar surface area (TPSA) is 49.4 Å². The summed E-state index contributed by atoms with van der Waals surface area (Å²) in [5.74, 6) is -0.265. The van der Waals surface area contributed by atoms with Gasteiger partial charge in [-0.1, -0.05) is 18.2 Å². The summed E-state index contributed by atoms with van der Waals surface area (Å²) in [6, 6.07) is 12.7. The summed E-state index contributed by atoms with van der Waals surface area (Å²) < 4.78 is 0. The molecule has 2 aromatic rings. The lowest BCUT2D eigenvalue weighted by molar-refractivity contribution is 0.0773. The molecule has 0 aliphatic rings. The van der Waals surface area contributed by atoms with Gasteiger partial charge >= 0.3 is 0 Å². The van der Waals surface area contributed by atoms with E-state index in [0.717, 1.165) is 16.8 Å². The Bertz CT molecular complexity index is 749. The number of carbonyl (C=O) groups excluding carboxylic acids is 2. The van der Waals surface area contributed by atoms with Gasteiger partial charge in [-0.3, -0.25) is 9.59 Å². The van der Waals surface area contributed by atoms with Gasteiger partial charge in [-0.25, -0.2) is 0 Å².